The lowest BCUT2D eigenvalue weighted by Crippen LogP contribution is -1.91. The van der Waals surface area contributed by atoms with E-state index in [0.29, 0.717) is 13.0 Å². The minimum absolute atomic E-state index is 0.469. The molecule has 0 rings (SSSR count). The van der Waals surface area contributed by atoms with E-state index >= 15 is 0 Å². The molecule has 0 atom stereocenters. The number of allylic oxidation sites excluding steroid dienone is 1. The molecule has 38 valence electrons. The molecule has 0 aromatic heterocycles. The Balaban J connectivity index is 2.97. The largest absolute Gasteiger partial charge is 0.327 e. The Hall–Kier alpha value is -0.810. The van der Waals surface area contributed by atoms with Crippen LogP contribution in [0.1, 0.15) is 6.42 Å². The van der Waals surface area contributed by atoms with E-state index in [0.717, 1.165) is 0 Å². The predicted molar refractivity (Wildman–Crippen MR) is 28.4 cm³/mol. The van der Waals surface area contributed by atoms with Crippen LogP contribution in [0.5, 0.6) is 0 Å². The average molecular weight is 96.1 g/mol. The number of hydrogen-bond donors (Lipinski definition) is 1. The first-order chi connectivity index (χ1) is 3.41. The van der Waals surface area contributed by atoms with Crippen molar-refractivity contribution in [1.29, 1.82) is 5.26 Å². The zero-order valence-corrected chi connectivity index (χ0v) is 4.09. The maximum atomic E-state index is 7.95. The molecule has 0 bridgehead atoms. The van der Waals surface area contributed by atoms with Gasteiger partial charge >= 0.3 is 0 Å². The number of nitrogens with two attached hydrogens (primary N) is 1. The Morgan fingerprint density at radius 3 is 2.71 bits per heavy atom. The van der Waals surface area contributed by atoms with Crippen molar-refractivity contribution >= 4 is 0 Å². The maximum Gasteiger partial charge on any atom is 0.0663 e. The summed E-state index contributed by atoms with van der Waals surface area (Å²) in [5.41, 5.74) is 5.07. The zero-order chi connectivity index (χ0) is 5.54. The van der Waals surface area contributed by atoms with Gasteiger partial charge in [0.2, 0.25) is 0 Å². The highest BCUT2D eigenvalue weighted by atomic mass is 14.5. The summed E-state index contributed by atoms with van der Waals surface area (Å²) in [4.78, 5) is 0. The summed E-state index contributed by atoms with van der Waals surface area (Å²) in [5, 5.41) is 7.95. The molecule has 0 saturated carbocycles. The van der Waals surface area contributed by atoms with E-state index in [1.165, 1.54) is 0 Å². The Kier molecular flexibility index (Phi) is 4.59. The Morgan fingerprint density at radius 1 is 1.57 bits per heavy atom. The normalized spacial score (nSPS) is 9.14. The third-order valence-corrected chi connectivity index (χ3v) is 0.512. The lowest BCUT2D eigenvalue weighted by molar-refractivity contribution is 1.23. The van der Waals surface area contributed by atoms with Gasteiger partial charge in [0.1, 0.15) is 0 Å². The van der Waals surface area contributed by atoms with Crippen LogP contribution in [0.25, 0.3) is 0 Å². The van der Waals surface area contributed by atoms with Crippen LogP contribution in [-0.4, -0.2) is 6.54 Å². The van der Waals surface area contributed by atoms with Gasteiger partial charge in [-0.25, -0.2) is 0 Å². The molecule has 2 heteroatoms. The van der Waals surface area contributed by atoms with Gasteiger partial charge in [-0.3, -0.25) is 0 Å². The molecule has 0 heterocycles. The first kappa shape index (κ1) is 6.19. The van der Waals surface area contributed by atoms with Crippen molar-refractivity contribution in [3.05, 3.63) is 12.2 Å². The third kappa shape index (κ3) is 5.19. The van der Waals surface area contributed by atoms with E-state index in [4.69, 9.17) is 11.0 Å². The minimum Gasteiger partial charge on any atom is -0.327 e. The van der Waals surface area contributed by atoms with Crippen molar-refractivity contribution in [2.24, 2.45) is 5.73 Å². The molecule has 0 aromatic rings. The lowest BCUT2D eigenvalue weighted by Gasteiger charge is -1.72. The van der Waals surface area contributed by atoms with E-state index in [1.54, 1.807) is 12.2 Å². The summed E-state index contributed by atoms with van der Waals surface area (Å²) in [5.74, 6) is 0. The minimum atomic E-state index is 0.469. The molecule has 0 radical (unpaired) electrons. The van der Waals surface area contributed by atoms with Crippen molar-refractivity contribution in [1.82, 2.24) is 0 Å². The highest BCUT2D eigenvalue weighted by Gasteiger charge is 1.65. The molecule has 0 fully saturated rings. The van der Waals surface area contributed by atoms with Crippen molar-refractivity contribution < 1.29 is 0 Å². The fraction of sp³-hybridized carbons (Fsp3) is 0.400. The van der Waals surface area contributed by atoms with E-state index in [1.807, 2.05) is 6.07 Å². The fourth-order valence-corrected chi connectivity index (χ4v) is 0.232. The second-order valence-electron chi connectivity index (χ2n) is 1.07. The van der Waals surface area contributed by atoms with Crippen molar-refractivity contribution in [3.8, 4) is 6.07 Å². The highest BCUT2D eigenvalue weighted by molar-refractivity contribution is 4.90. The van der Waals surface area contributed by atoms with E-state index < -0.39 is 0 Å². The summed E-state index contributed by atoms with van der Waals surface area (Å²) in [6.07, 6.45) is 3.99. The molecule has 0 aliphatic rings. The molecule has 0 aliphatic carbocycles. The summed E-state index contributed by atoms with van der Waals surface area (Å²) >= 11 is 0. The summed E-state index contributed by atoms with van der Waals surface area (Å²) in [7, 11) is 0. The molecule has 7 heavy (non-hydrogen) atoms. The first-order valence-corrected chi connectivity index (χ1v) is 2.14. The predicted octanol–water partition coefficient (Wildman–Crippen LogP) is 0.415. The van der Waals surface area contributed by atoms with Gasteiger partial charge in [0.05, 0.1) is 12.5 Å². The van der Waals surface area contributed by atoms with Crippen LogP contribution >= 0.6 is 0 Å². The van der Waals surface area contributed by atoms with E-state index in [9.17, 15) is 0 Å². The quantitative estimate of drug-likeness (QED) is 0.506. The monoisotopic (exact) mass is 96.1 g/mol. The molecule has 0 aromatic carbocycles. The van der Waals surface area contributed by atoms with E-state index in [2.05, 4.69) is 0 Å². The van der Waals surface area contributed by atoms with Gasteiger partial charge in [0.25, 0.3) is 0 Å². The number of hydrogen-bond acceptors (Lipinski definition) is 2. The molecule has 0 saturated heterocycles. The van der Waals surface area contributed by atoms with Crippen LogP contribution in [0.15, 0.2) is 12.2 Å². The summed E-state index contributed by atoms with van der Waals surface area (Å²) in [6, 6.07) is 1.96. The van der Waals surface area contributed by atoms with Crippen molar-refractivity contribution in [2.45, 2.75) is 6.42 Å². The molecule has 0 aliphatic heterocycles. The Morgan fingerprint density at radius 2 is 2.29 bits per heavy atom. The molecule has 2 N–H and O–H groups in total. The van der Waals surface area contributed by atoms with Crippen LogP contribution in [-0.2, 0) is 0 Å². The van der Waals surface area contributed by atoms with Gasteiger partial charge in [-0.1, -0.05) is 12.2 Å². The van der Waals surface area contributed by atoms with Gasteiger partial charge in [-0.05, 0) is 0 Å². The van der Waals surface area contributed by atoms with Crippen molar-refractivity contribution in [2.75, 3.05) is 6.54 Å². The van der Waals surface area contributed by atoms with Gasteiger partial charge in [0.15, 0.2) is 0 Å². The SMILES string of the molecule is N#CCC=CCN. The van der Waals surface area contributed by atoms with Crippen LogP contribution in [0.3, 0.4) is 0 Å². The average Bonchev–Trinajstić information content (AvgIpc) is 1.69. The smallest absolute Gasteiger partial charge is 0.0663 e. The van der Waals surface area contributed by atoms with Crippen LogP contribution in [0, 0.1) is 11.3 Å². The van der Waals surface area contributed by atoms with Crippen LogP contribution in [0.4, 0.5) is 0 Å². The first-order valence-electron chi connectivity index (χ1n) is 2.14. The lowest BCUT2D eigenvalue weighted by atomic mass is 10.4. The molecule has 2 nitrogen and oxygen atoms in total. The molecule has 0 spiro atoms. The van der Waals surface area contributed by atoms with Crippen molar-refractivity contribution in [3.63, 3.8) is 0 Å². The van der Waals surface area contributed by atoms with Gasteiger partial charge in [-0.15, -0.1) is 0 Å². The molecule has 0 unspecified atom stereocenters. The highest BCUT2D eigenvalue weighted by Crippen LogP contribution is 1.74. The molecular formula is C5H8N2. The second kappa shape index (κ2) is 5.19. The number of nitrogens with zero attached hydrogens (tertiary/aromatic N) is 1. The molecular weight excluding hydrogens is 88.1 g/mol. The fourth-order valence-electron chi connectivity index (χ4n) is 0.232. The second-order valence-corrected chi connectivity index (χ2v) is 1.07. The summed E-state index contributed by atoms with van der Waals surface area (Å²) in [6.45, 7) is 0.529. The summed E-state index contributed by atoms with van der Waals surface area (Å²) < 4.78 is 0. The van der Waals surface area contributed by atoms with Gasteiger partial charge in [0, 0.05) is 6.54 Å². The van der Waals surface area contributed by atoms with Crippen LogP contribution in [0.2, 0.25) is 0 Å². The Bertz CT molecular complexity index is 88.7. The van der Waals surface area contributed by atoms with Gasteiger partial charge in [-0.2, -0.15) is 5.26 Å². The standard InChI is InChI=1S/C5H8N2/c6-4-2-1-3-5-7/h1-2H,3-4,6H2. The Labute approximate surface area is 43.2 Å². The third-order valence-electron chi connectivity index (χ3n) is 0.512. The number of rotatable bonds is 2. The topological polar surface area (TPSA) is 49.8 Å². The maximum absolute atomic E-state index is 7.95. The van der Waals surface area contributed by atoms with E-state index in [-0.39, 0.29) is 0 Å². The van der Waals surface area contributed by atoms with Gasteiger partial charge < -0.3 is 5.73 Å². The zero-order valence-electron chi connectivity index (χ0n) is 4.09. The molecule has 0 amide bonds. The van der Waals surface area contributed by atoms with Crippen LogP contribution < -0.4 is 5.73 Å². The number of nitriles is 1.